The molecule has 88 valence electrons. The molecule has 0 radical (unpaired) electrons. The van der Waals surface area contributed by atoms with Crippen molar-refractivity contribution >= 4 is 23.5 Å². The Kier molecular flexibility index (Phi) is 3.14. The minimum atomic E-state index is 0.0510. The number of anilines is 2. The van der Waals surface area contributed by atoms with Crippen LogP contribution in [0.15, 0.2) is 0 Å². The van der Waals surface area contributed by atoms with E-state index in [0.717, 1.165) is 12.8 Å². The van der Waals surface area contributed by atoms with E-state index in [1.807, 2.05) is 0 Å². The summed E-state index contributed by atoms with van der Waals surface area (Å²) in [5.74, 6) is 0.629. The van der Waals surface area contributed by atoms with E-state index in [-0.39, 0.29) is 16.8 Å². The monoisotopic (exact) mass is 241 g/mol. The minimum absolute atomic E-state index is 0.0510. The number of halogens is 1. The van der Waals surface area contributed by atoms with Gasteiger partial charge in [-0.2, -0.15) is 15.0 Å². The van der Waals surface area contributed by atoms with Gasteiger partial charge in [0.2, 0.25) is 17.2 Å². The smallest absolute Gasteiger partial charge is 0.229 e. The van der Waals surface area contributed by atoms with E-state index in [1.165, 1.54) is 19.3 Å². The second-order valence-corrected chi connectivity index (χ2v) is 4.87. The zero-order valence-corrected chi connectivity index (χ0v) is 10.1. The molecule has 1 fully saturated rings. The molecule has 1 aliphatic carbocycles. The molecular formula is C10H16ClN5. The van der Waals surface area contributed by atoms with Crippen molar-refractivity contribution < 1.29 is 0 Å². The Bertz CT molecular complexity index is 355. The Morgan fingerprint density at radius 1 is 1.19 bits per heavy atom. The molecule has 0 atom stereocenters. The molecule has 1 aromatic rings. The first-order chi connectivity index (χ1) is 7.57. The van der Waals surface area contributed by atoms with Crippen molar-refractivity contribution in [1.82, 2.24) is 15.0 Å². The van der Waals surface area contributed by atoms with Gasteiger partial charge in [0.25, 0.3) is 0 Å². The number of nitrogen functional groups attached to an aromatic ring is 1. The van der Waals surface area contributed by atoms with Gasteiger partial charge in [-0.15, -0.1) is 0 Å². The molecule has 2 rings (SSSR count). The Morgan fingerprint density at radius 3 is 2.50 bits per heavy atom. The lowest BCUT2D eigenvalue weighted by Gasteiger charge is -2.34. The highest BCUT2D eigenvalue weighted by Crippen LogP contribution is 2.30. The van der Waals surface area contributed by atoms with Gasteiger partial charge in [-0.05, 0) is 31.4 Å². The molecule has 0 saturated heterocycles. The third kappa shape index (κ3) is 2.72. The van der Waals surface area contributed by atoms with E-state index >= 15 is 0 Å². The molecule has 1 aromatic heterocycles. The summed E-state index contributed by atoms with van der Waals surface area (Å²) in [6.45, 7) is 2.18. The first-order valence-corrected chi connectivity index (χ1v) is 5.90. The zero-order valence-electron chi connectivity index (χ0n) is 9.33. The number of aromatic nitrogens is 3. The lowest BCUT2D eigenvalue weighted by molar-refractivity contribution is 0.347. The highest BCUT2D eigenvalue weighted by Gasteiger charge is 2.27. The largest absolute Gasteiger partial charge is 0.368 e. The maximum Gasteiger partial charge on any atom is 0.229 e. The van der Waals surface area contributed by atoms with Crippen LogP contribution in [-0.4, -0.2) is 20.5 Å². The van der Waals surface area contributed by atoms with Crippen molar-refractivity contribution in [2.45, 2.75) is 44.6 Å². The van der Waals surface area contributed by atoms with Gasteiger partial charge in [0.1, 0.15) is 0 Å². The Labute approximate surface area is 99.8 Å². The highest BCUT2D eigenvalue weighted by atomic mass is 35.5. The van der Waals surface area contributed by atoms with E-state index in [9.17, 15) is 0 Å². The summed E-state index contributed by atoms with van der Waals surface area (Å²) in [5.41, 5.74) is 5.57. The van der Waals surface area contributed by atoms with Crippen molar-refractivity contribution in [2.24, 2.45) is 0 Å². The number of hydrogen-bond acceptors (Lipinski definition) is 5. The fourth-order valence-corrected chi connectivity index (χ4v) is 2.31. The van der Waals surface area contributed by atoms with Crippen LogP contribution in [0.4, 0.5) is 11.9 Å². The van der Waals surface area contributed by atoms with E-state index < -0.39 is 0 Å². The number of hydrogen-bond donors (Lipinski definition) is 2. The quantitative estimate of drug-likeness (QED) is 0.831. The van der Waals surface area contributed by atoms with Gasteiger partial charge in [0, 0.05) is 5.54 Å². The molecule has 0 aromatic carbocycles. The molecule has 6 heteroatoms. The lowest BCUT2D eigenvalue weighted by Crippen LogP contribution is -2.37. The Morgan fingerprint density at radius 2 is 1.88 bits per heavy atom. The topological polar surface area (TPSA) is 76.7 Å². The van der Waals surface area contributed by atoms with E-state index in [4.69, 9.17) is 17.3 Å². The summed E-state index contributed by atoms with van der Waals surface area (Å²) in [6, 6.07) is 0. The third-order valence-electron chi connectivity index (χ3n) is 3.00. The molecule has 16 heavy (non-hydrogen) atoms. The molecule has 1 heterocycles. The second kappa shape index (κ2) is 4.41. The highest BCUT2D eigenvalue weighted by molar-refractivity contribution is 6.28. The van der Waals surface area contributed by atoms with Crippen LogP contribution in [0.2, 0.25) is 5.28 Å². The van der Waals surface area contributed by atoms with Crippen molar-refractivity contribution in [3.8, 4) is 0 Å². The van der Waals surface area contributed by atoms with Crippen LogP contribution in [0, 0.1) is 0 Å². The standard InChI is InChI=1S/C10H16ClN5/c1-10(5-3-2-4-6-10)16-9-14-7(11)13-8(12)15-9/h2-6H2,1H3,(H3,12,13,14,15,16). The SMILES string of the molecule is CC1(Nc2nc(N)nc(Cl)n2)CCCCC1. The van der Waals surface area contributed by atoms with Gasteiger partial charge >= 0.3 is 0 Å². The normalized spacial score (nSPS) is 19.4. The summed E-state index contributed by atoms with van der Waals surface area (Å²) < 4.78 is 0. The maximum absolute atomic E-state index is 5.73. The first-order valence-electron chi connectivity index (χ1n) is 5.53. The van der Waals surface area contributed by atoms with Crippen LogP contribution >= 0.6 is 11.6 Å². The van der Waals surface area contributed by atoms with Crippen LogP contribution in [0.1, 0.15) is 39.0 Å². The van der Waals surface area contributed by atoms with Crippen molar-refractivity contribution in [3.05, 3.63) is 5.28 Å². The van der Waals surface area contributed by atoms with Gasteiger partial charge in [-0.25, -0.2) is 0 Å². The number of nitrogens with zero attached hydrogens (tertiary/aromatic N) is 3. The van der Waals surface area contributed by atoms with Crippen LogP contribution in [0.5, 0.6) is 0 Å². The van der Waals surface area contributed by atoms with E-state index in [0.29, 0.717) is 5.95 Å². The molecule has 0 spiro atoms. The van der Waals surface area contributed by atoms with Crippen LogP contribution in [-0.2, 0) is 0 Å². The average molecular weight is 242 g/mol. The molecule has 1 aliphatic rings. The van der Waals surface area contributed by atoms with E-state index in [2.05, 4.69) is 27.2 Å². The van der Waals surface area contributed by atoms with Gasteiger partial charge in [0.15, 0.2) is 0 Å². The van der Waals surface area contributed by atoms with E-state index in [1.54, 1.807) is 0 Å². The molecule has 0 unspecified atom stereocenters. The second-order valence-electron chi connectivity index (χ2n) is 4.53. The molecule has 0 aliphatic heterocycles. The van der Waals surface area contributed by atoms with Crippen LogP contribution < -0.4 is 11.1 Å². The molecular weight excluding hydrogens is 226 g/mol. The Hall–Kier alpha value is -1.10. The fraction of sp³-hybridized carbons (Fsp3) is 0.700. The molecule has 5 nitrogen and oxygen atoms in total. The summed E-state index contributed by atoms with van der Waals surface area (Å²) in [7, 11) is 0. The molecule has 0 bridgehead atoms. The lowest BCUT2D eigenvalue weighted by atomic mass is 9.83. The van der Waals surface area contributed by atoms with Crippen molar-refractivity contribution in [3.63, 3.8) is 0 Å². The summed E-state index contributed by atoms with van der Waals surface area (Å²) in [5, 5.41) is 3.45. The number of rotatable bonds is 2. The average Bonchev–Trinajstić information content (AvgIpc) is 2.15. The molecule has 3 N–H and O–H groups in total. The zero-order chi connectivity index (χ0) is 11.6. The molecule has 0 amide bonds. The van der Waals surface area contributed by atoms with Crippen molar-refractivity contribution in [2.75, 3.05) is 11.1 Å². The van der Waals surface area contributed by atoms with Gasteiger partial charge in [0.05, 0.1) is 0 Å². The third-order valence-corrected chi connectivity index (χ3v) is 3.17. The number of nitrogens with one attached hydrogen (secondary N) is 1. The van der Waals surface area contributed by atoms with Crippen molar-refractivity contribution in [1.29, 1.82) is 0 Å². The fourth-order valence-electron chi connectivity index (χ4n) is 2.15. The maximum atomic E-state index is 5.73. The predicted octanol–water partition coefficient (Wildman–Crippen LogP) is 2.24. The van der Waals surface area contributed by atoms with Gasteiger partial charge in [-0.1, -0.05) is 19.3 Å². The Balaban J connectivity index is 2.13. The summed E-state index contributed by atoms with van der Waals surface area (Å²) in [4.78, 5) is 11.8. The molecule has 1 saturated carbocycles. The summed E-state index contributed by atoms with van der Waals surface area (Å²) >= 11 is 5.73. The predicted molar refractivity (Wildman–Crippen MR) is 64.4 cm³/mol. The number of nitrogens with two attached hydrogens (primary N) is 1. The first kappa shape index (κ1) is 11.4. The van der Waals surface area contributed by atoms with Gasteiger partial charge in [-0.3, -0.25) is 0 Å². The van der Waals surface area contributed by atoms with Crippen LogP contribution in [0.25, 0.3) is 0 Å². The summed E-state index contributed by atoms with van der Waals surface area (Å²) in [6.07, 6.45) is 6.01. The van der Waals surface area contributed by atoms with Gasteiger partial charge < -0.3 is 11.1 Å². The van der Waals surface area contributed by atoms with Crippen LogP contribution in [0.3, 0.4) is 0 Å². The minimum Gasteiger partial charge on any atom is -0.368 e.